The molecule has 1 aliphatic rings. The number of ether oxygens (including phenoxy) is 4. The summed E-state index contributed by atoms with van der Waals surface area (Å²) >= 11 is 0. The van der Waals surface area contributed by atoms with Crippen molar-refractivity contribution in [1.82, 2.24) is 5.32 Å². The number of hydrogen-bond acceptors (Lipinski definition) is 7. The first kappa shape index (κ1) is 31.2. The highest BCUT2D eigenvalue weighted by molar-refractivity contribution is 5.83. The van der Waals surface area contributed by atoms with E-state index < -0.39 is 29.7 Å². The van der Waals surface area contributed by atoms with Crippen molar-refractivity contribution in [3.05, 3.63) is 89.5 Å². The zero-order chi connectivity index (χ0) is 28.7. The first-order valence-corrected chi connectivity index (χ1v) is 13.3. The Morgan fingerprint density at radius 3 is 2.00 bits per heavy atom. The van der Waals surface area contributed by atoms with Gasteiger partial charge in [0.05, 0.1) is 7.11 Å². The molecule has 0 unspecified atom stereocenters. The van der Waals surface area contributed by atoms with Crippen molar-refractivity contribution in [2.45, 2.75) is 65.2 Å². The van der Waals surface area contributed by atoms with Crippen LogP contribution in [-0.2, 0) is 30.4 Å². The third-order valence-corrected chi connectivity index (χ3v) is 6.52. The van der Waals surface area contributed by atoms with E-state index in [4.69, 9.17) is 18.9 Å². The van der Waals surface area contributed by atoms with Crippen LogP contribution >= 0.6 is 0 Å². The highest BCUT2D eigenvalue weighted by Crippen LogP contribution is 2.44. The largest absolute Gasteiger partial charge is 0.497 e. The maximum atomic E-state index is 13.0. The molecule has 41 heavy (non-hydrogen) atoms. The van der Waals surface area contributed by atoms with Crippen LogP contribution in [0.25, 0.3) is 11.1 Å². The van der Waals surface area contributed by atoms with Crippen LogP contribution in [0, 0.1) is 0 Å². The molecule has 0 aromatic heterocycles. The van der Waals surface area contributed by atoms with Gasteiger partial charge in [-0.15, -0.1) is 0 Å². The van der Waals surface area contributed by atoms with Gasteiger partial charge >= 0.3 is 18.0 Å². The van der Waals surface area contributed by atoms with E-state index in [0.29, 0.717) is 5.75 Å². The van der Waals surface area contributed by atoms with E-state index in [1.54, 1.807) is 52.1 Å². The van der Waals surface area contributed by atoms with E-state index >= 15 is 0 Å². The molecule has 3 aromatic rings. The van der Waals surface area contributed by atoms with Crippen LogP contribution in [0.4, 0.5) is 4.79 Å². The van der Waals surface area contributed by atoms with Gasteiger partial charge in [0, 0.05) is 12.3 Å². The number of esters is 2. The van der Waals surface area contributed by atoms with Gasteiger partial charge < -0.3 is 24.3 Å². The number of alkyl carbamates (subject to hydrolysis) is 1. The second-order valence-electron chi connectivity index (χ2n) is 10.6. The SMILES string of the molecule is C.COc1ccc(COC(=O)[C@@H](CCC(=O)OC(C)(C)C)NC(=O)OCC2c3ccccc3-c3ccccc32)cc1. The van der Waals surface area contributed by atoms with Gasteiger partial charge in [-0.2, -0.15) is 0 Å². The quantitative estimate of drug-likeness (QED) is 0.226. The summed E-state index contributed by atoms with van der Waals surface area (Å²) in [5.74, 6) is -0.592. The van der Waals surface area contributed by atoms with Gasteiger partial charge in [-0.1, -0.05) is 68.1 Å². The molecule has 1 atom stereocenters. The Kier molecular flexibility index (Phi) is 10.5. The number of carbonyl (C=O) groups excluding carboxylic acids is 3. The van der Waals surface area contributed by atoms with Gasteiger partial charge in [0.1, 0.15) is 30.6 Å². The van der Waals surface area contributed by atoms with Gasteiger partial charge in [-0.05, 0) is 67.1 Å². The first-order valence-electron chi connectivity index (χ1n) is 13.3. The summed E-state index contributed by atoms with van der Waals surface area (Å²) < 4.78 is 21.6. The maximum Gasteiger partial charge on any atom is 0.407 e. The van der Waals surface area contributed by atoms with Crippen molar-refractivity contribution in [1.29, 1.82) is 0 Å². The Labute approximate surface area is 242 Å². The van der Waals surface area contributed by atoms with Crippen LogP contribution in [0.2, 0.25) is 0 Å². The molecule has 4 rings (SSSR count). The van der Waals surface area contributed by atoms with Crippen LogP contribution < -0.4 is 10.1 Å². The number of amides is 1. The number of nitrogens with one attached hydrogen (secondary N) is 1. The molecule has 0 aliphatic heterocycles. The zero-order valence-electron chi connectivity index (χ0n) is 23.3. The normalized spacial score (nSPS) is 12.7. The van der Waals surface area contributed by atoms with Gasteiger partial charge in [-0.25, -0.2) is 9.59 Å². The lowest BCUT2D eigenvalue weighted by Gasteiger charge is -2.21. The molecule has 3 aromatic carbocycles. The standard InChI is InChI=1S/C32H35NO7.CH4/c1-32(2,3)40-29(34)18-17-28(30(35)38-19-21-13-15-22(37-4)16-14-21)33-31(36)39-20-27-25-11-7-5-9-23(25)24-10-6-8-12-26(24)27;/h5-16,27-28H,17-20H2,1-4H3,(H,33,36);1H4/t28-;/m1./s1. The van der Waals surface area contributed by atoms with E-state index in [9.17, 15) is 14.4 Å². The lowest BCUT2D eigenvalue weighted by Crippen LogP contribution is -2.43. The van der Waals surface area contributed by atoms with E-state index in [-0.39, 0.29) is 39.4 Å². The van der Waals surface area contributed by atoms with Gasteiger partial charge in [0.25, 0.3) is 0 Å². The first-order chi connectivity index (χ1) is 19.1. The average molecular weight is 562 g/mol. The Hall–Kier alpha value is -4.33. The lowest BCUT2D eigenvalue weighted by atomic mass is 9.98. The third kappa shape index (κ3) is 8.33. The van der Waals surface area contributed by atoms with Crippen molar-refractivity contribution in [2.75, 3.05) is 13.7 Å². The molecular formula is C33H39NO7. The summed E-state index contributed by atoms with van der Waals surface area (Å²) in [6, 6.07) is 22.0. The number of methoxy groups -OCH3 is 1. The molecule has 0 fully saturated rings. The molecule has 8 heteroatoms. The second kappa shape index (κ2) is 13.8. The predicted molar refractivity (Wildman–Crippen MR) is 157 cm³/mol. The smallest absolute Gasteiger partial charge is 0.407 e. The highest BCUT2D eigenvalue weighted by atomic mass is 16.6. The Morgan fingerprint density at radius 1 is 0.854 bits per heavy atom. The van der Waals surface area contributed by atoms with Crippen LogP contribution in [-0.4, -0.2) is 43.4 Å². The fourth-order valence-electron chi connectivity index (χ4n) is 4.66. The molecule has 218 valence electrons. The molecule has 0 saturated heterocycles. The summed E-state index contributed by atoms with van der Waals surface area (Å²) in [5.41, 5.74) is 4.48. The molecule has 0 bridgehead atoms. The van der Waals surface area contributed by atoms with Crippen LogP contribution in [0.5, 0.6) is 5.75 Å². The van der Waals surface area contributed by atoms with Crippen molar-refractivity contribution >= 4 is 18.0 Å². The fourth-order valence-corrected chi connectivity index (χ4v) is 4.66. The molecule has 8 nitrogen and oxygen atoms in total. The summed E-state index contributed by atoms with van der Waals surface area (Å²) in [6.45, 7) is 5.39. The lowest BCUT2D eigenvalue weighted by molar-refractivity contribution is -0.155. The molecule has 0 heterocycles. The Morgan fingerprint density at radius 2 is 1.44 bits per heavy atom. The van der Waals surface area contributed by atoms with Crippen LogP contribution in [0.1, 0.15) is 63.6 Å². The molecular weight excluding hydrogens is 522 g/mol. The van der Waals surface area contributed by atoms with E-state index in [1.807, 2.05) is 36.4 Å². The summed E-state index contributed by atoms with van der Waals surface area (Å²) in [6.07, 6.45) is -0.846. The number of benzene rings is 3. The fraction of sp³-hybridized carbons (Fsp3) is 0.364. The molecule has 1 aliphatic carbocycles. The summed E-state index contributed by atoms with van der Waals surface area (Å²) in [7, 11) is 1.57. The molecule has 0 saturated carbocycles. The van der Waals surface area contributed by atoms with Crippen LogP contribution in [0.3, 0.4) is 0 Å². The van der Waals surface area contributed by atoms with E-state index in [2.05, 4.69) is 17.4 Å². The molecule has 1 amide bonds. The zero-order valence-corrected chi connectivity index (χ0v) is 23.3. The van der Waals surface area contributed by atoms with Crippen molar-refractivity contribution in [3.8, 4) is 16.9 Å². The van der Waals surface area contributed by atoms with Gasteiger partial charge in [0.15, 0.2) is 0 Å². The Bertz CT molecular complexity index is 1300. The van der Waals surface area contributed by atoms with E-state index in [0.717, 1.165) is 27.8 Å². The molecule has 0 spiro atoms. The van der Waals surface area contributed by atoms with Crippen molar-refractivity contribution in [2.24, 2.45) is 0 Å². The third-order valence-electron chi connectivity index (χ3n) is 6.52. The number of fused-ring (bicyclic) bond motifs is 3. The van der Waals surface area contributed by atoms with Crippen molar-refractivity contribution in [3.63, 3.8) is 0 Å². The minimum atomic E-state index is -1.10. The number of hydrogen-bond donors (Lipinski definition) is 1. The average Bonchev–Trinajstić information content (AvgIpc) is 3.25. The summed E-state index contributed by atoms with van der Waals surface area (Å²) in [4.78, 5) is 38.2. The van der Waals surface area contributed by atoms with Gasteiger partial charge in [-0.3, -0.25) is 4.79 Å². The van der Waals surface area contributed by atoms with Crippen LogP contribution in [0.15, 0.2) is 72.8 Å². The highest BCUT2D eigenvalue weighted by Gasteiger charge is 2.30. The number of rotatable bonds is 10. The Balaban J connectivity index is 0.00000462. The maximum absolute atomic E-state index is 13.0. The van der Waals surface area contributed by atoms with Gasteiger partial charge in [0.2, 0.25) is 0 Å². The second-order valence-corrected chi connectivity index (χ2v) is 10.6. The number of carbonyl (C=O) groups is 3. The topological polar surface area (TPSA) is 100 Å². The molecule has 0 radical (unpaired) electrons. The van der Waals surface area contributed by atoms with Crippen molar-refractivity contribution < 1.29 is 33.3 Å². The predicted octanol–water partition coefficient (Wildman–Crippen LogP) is 6.40. The minimum Gasteiger partial charge on any atom is -0.497 e. The minimum absolute atomic E-state index is 0. The summed E-state index contributed by atoms with van der Waals surface area (Å²) in [5, 5.41) is 2.60. The monoisotopic (exact) mass is 561 g/mol. The molecule has 1 N–H and O–H groups in total. The van der Waals surface area contributed by atoms with E-state index in [1.165, 1.54) is 0 Å².